The van der Waals surface area contributed by atoms with Gasteiger partial charge < -0.3 is 20.1 Å². The van der Waals surface area contributed by atoms with Gasteiger partial charge in [-0.25, -0.2) is 0 Å². The van der Waals surface area contributed by atoms with Crippen LogP contribution in [0.2, 0.25) is 0 Å². The summed E-state index contributed by atoms with van der Waals surface area (Å²) in [7, 11) is 1.68. The summed E-state index contributed by atoms with van der Waals surface area (Å²) in [5.74, 6) is 0. The summed E-state index contributed by atoms with van der Waals surface area (Å²) in [6.45, 7) is 7.88. The molecule has 20 heavy (non-hydrogen) atoms. The summed E-state index contributed by atoms with van der Waals surface area (Å²) < 4.78 is 6.23. The van der Waals surface area contributed by atoms with Crippen LogP contribution >= 0.6 is 15.9 Å². The Bertz CT molecular complexity index is 397. The van der Waals surface area contributed by atoms with E-state index in [-0.39, 0.29) is 6.10 Å². The highest BCUT2D eigenvalue weighted by Crippen LogP contribution is 2.25. The minimum atomic E-state index is -0.385. The molecule has 0 fully saturated rings. The Balaban J connectivity index is 2.58. The third kappa shape index (κ3) is 5.40. The molecule has 0 aliphatic rings. The lowest BCUT2D eigenvalue weighted by Crippen LogP contribution is -2.36. The average molecular weight is 345 g/mol. The van der Waals surface area contributed by atoms with Gasteiger partial charge in [-0.2, -0.15) is 0 Å². The Morgan fingerprint density at radius 3 is 2.65 bits per heavy atom. The number of halogens is 1. The van der Waals surface area contributed by atoms with Crippen LogP contribution in [0, 0.1) is 0 Å². The van der Waals surface area contributed by atoms with Gasteiger partial charge in [-0.1, -0.05) is 35.8 Å². The van der Waals surface area contributed by atoms with Crippen LogP contribution in [0.3, 0.4) is 0 Å². The second-order valence-electron chi connectivity index (χ2n) is 4.72. The molecule has 0 saturated heterocycles. The number of aliphatic hydroxyl groups excluding tert-OH is 1. The monoisotopic (exact) mass is 344 g/mol. The highest BCUT2D eigenvalue weighted by Gasteiger charge is 2.11. The lowest BCUT2D eigenvalue weighted by molar-refractivity contribution is 0.128. The van der Waals surface area contributed by atoms with Crippen molar-refractivity contribution < 1.29 is 9.84 Å². The van der Waals surface area contributed by atoms with Crippen molar-refractivity contribution in [2.24, 2.45) is 0 Å². The Morgan fingerprint density at radius 1 is 1.35 bits per heavy atom. The van der Waals surface area contributed by atoms with E-state index in [4.69, 9.17) is 4.74 Å². The predicted molar refractivity (Wildman–Crippen MR) is 87.1 cm³/mol. The maximum absolute atomic E-state index is 10.1. The van der Waals surface area contributed by atoms with E-state index in [1.54, 1.807) is 7.11 Å². The van der Waals surface area contributed by atoms with E-state index >= 15 is 0 Å². The summed E-state index contributed by atoms with van der Waals surface area (Å²) >= 11 is 3.53. The van der Waals surface area contributed by atoms with Crippen LogP contribution in [0.4, 0.5) is 5.69 Å². The highest BCUT2D eigenvalue weighted by molar-refractivity contribution is 9.10. The van der Waals surface area contributed by atoms with E-state index in [1.165, 1.54) is 0 Å². The molecule has 0 bridgehead atoms. The van der Waals surface area contributed by atoms with Crippen molar-refractivity contribution >= 4 is 21.6 Å². The van der Waals surface area contributed by atoms with E-state index in [9.17, 15) is 5.11 Å². The average Bonchev–Trinajstić information content (AvgIpc) is 2.45. The first kappa shape index (κ1) is 17.4. The molecule has 0 saturated carbocycles. The topological polar surface area (TPSA) is 44.7 Å². The van der Waals surface area contributed by atoms with Gasteiger partial charge in [-0.3, -0.25) is 0 Å². The largest absolute Gasteiger partial charge is 0.390 e. The number of likely N-dealkylation sites (N-methyl/N-ethyl adjacent to an activating group) is 1. The fourth-order valence-corrected chi connectivity index (χ4v) is 2.57. The van der Waals surface area contributed by atoms with Crippen molar-refractivity contribution in [2.45, 2.75) is 26.6 Å². The lowest BCUT2D eigenvalue weighted by Gasteiger charge is -2.23. The molecule has 1 aromatic carbocycles. The molecule has 1 unspecified atom stereocenters. The second-order valence-corrected chi connectivity index (χ2v) is 5.57. The summed E-state index contributed by atoms with van der Waals surface area (Å²) in [5, 5.41) is 13.4. The van der Waals surface area contributed by atoms with Crippen LogP contribution in [0.1, 0.15) is 19.4 Å². The predicted octanol–water partition coefficient (Wildman–Crippen LogP) is 2.71. The molecule has 114 valence electrons. The maximum Gasteiger partial charge on any atom is 0.0839 e. The van der Waals surface area contributed by atoms with E-state index in [0.717, 1.165) is 28.8 Å². The molecule has 1 aromatic rings. The Morgan fingerprint density at radius 2 is 2.05 bits per heavy atom. The van der Waals surface area contributed by atoms with Crippen molar-refractivity contribution in [2.75, 3.05) is 38.6 Å². The first-order chi connectivity index (χ1) is 9.62. The van der Waals surface area contributed by atoms with Gasteiger partial charge in [0.25, 0.3) is 0 Å². The summed E-state index contributed by atoms with van der Waals surface area (Å²) in [4.78, 5) is 2.21. The number of methoxy groups -OCH3 is 1. The summed E-state index contributed by atoms with van der Waals surface area (Å²) in [6.07, 6.45) is -0.385. The zero-order chi connectivity index (χ0) is 15.0. The Hall–Kier alpha value is -0.620. The van der Waals surface area contributed by atoms with Gasteiger partial charge in [0.15, 0.2) is 0 Å². The zero-order valence-electron chi connectivity index (χ0n) is 12.5. The number of anilines is 1. The molecular weight excluding hydrogens is 320 g/mol. The van der Waals surface area contributed by atoms with E-state index in [1.807, 2.05) is 18.2 Å². The molecule has 1 rings (SSSR count). The lowest BCUT2D eigenvalue weighted by atomic mass is 10.2. The van der Waals surface area contributed by atoms with Gasteiger partial charge in [-0.05, 0) is 25.2 Å². The van der Waals surface area contributed by atoms with Crippen LogP contribution in [0.5, 0.6) is 0 Å². The SMILES string of the molecule is CCN(CC)CC(O)CNc1cccc(Br)c1COC. The number of nitrogens with zero attached hydrogens (tertiary/aromatic N) is 1. The molecule has 2 N–H and O–H groups in total. The molecule has 1 atom stereocenters. The molecule has 0 aromatic heterocycles. The van der Waals surface area contributed by atoms with Crippen LogP contribution in [-0.2, 0) is 11.3 Å². The minimum Gasteiger partial charge on any atom is -0.390 e. The number of hydrogen-bond donors (Lipinski definition) is 2. The molecule has 0 amide bonds. The number of rotatable bonds is 9. The molecule has 0 aliphatic heterocycles. The van der Waals surface area contributed by atoms with Gasteiger partial charge in [0.2, 0.25) is 0 Å². The third-order valence-corrected chi connectivity index (χ3v) is 4.04. The normalized spacial score (nSPS) is 12.7. The van der Waals surface area contributed by atoms with Crippen LogP contribution in [0.25, 0.3) is 0 Å². The first-order valence-electron chi connectivity index (χ1n) is 7.02. The van der Waals surface area contributed by atoms with Crippen molar-refractivity contribution in [3.8, 4) is 0 Å². The molecule has 4 nitrogen and oxygen atoms in total. The molecule has 5 heteroatoms. The summed E-state index contributed by atoms with van der Waals surface area (Å²) in [5.41, 5.74) is 2.07. The molecule has 0 radical (unpaired) electrons. The molecule has 0 spiro atoms. The van der Waals surface area contributed by atoms with Gasteiger partial charge in [0.05, 0.1) is 12.7 Å². The van der Waals surface area contributed by atoms with Crippen LogP contribution in [0.15, 0.2) is 22.7 Å². The summed E-state index contributed by atoms with van der Waals surface area (Å²) in [6, 6.07) is 5.97. The van der Waals surface area contributed by atoms with Crippen molar-refractivity contribution in [1.29, 1.82) is 0 Å². The number of benzene rings is 1. The van der Waals surface area contributed by atoms with E-state index < -0.39 is 0 Å². The number of ether oxygens (including phenoxy) is 1. The maximum atomic E-state index is 10.1. The number of hydrogen-bond acceptors (Lipinski definition) is 4. The molecular formula is C15H25BrN2O2. The van der Waals surface area contributed by atoms with Gasteiger partial charge in [0, 0.05) is 35.9 Å². The fraction of sp³-hybridized carbons (Fsp3) is 0.600. The third-order valence-electron chi connectivity index (χ3n) is 3.30. The number of nitrogens with one attached hydrogen (secondary N) is 1. The molecule has 0 heterocycles. The quantitative estimate of drug-likeness (QED) is 0.722. The second kappa shape index (κ2) is 9.34. The fourth-order valence-electron chi connectivity index (χ4n) is 2.09. The highest BCUT2D eigenvalue weighted by atomic mass is 79.9. The Labute approximate surface area is 130 Å². The van der Waals surface area contributed by atoms with E-state index in [2.05, 4.69) is 40.0 Å². The van der Waals surface area contributed by atoms with Gasteiger partial charge >= 0.3 is 0 Å². The first-order valence-corrected chi connectivity index (χ1v) is 7.82. The van der Waals surface area contributed by atoms with Crippen molar-refractivity contribution in [3.63, 3.8) is 0 Å². The smallest absolute Gasteiger partial charge is 0.0839 e. The van der Waals surface area contributed by atoms with Gasteiger partial charge in [0.1, 0.15) is 0 Å². The van der Waals surface area contributed by atoms with Crippen LogP contribution in [-0.4, -0.2) is 49.4 Å². The zero-order valence-corrected chi connectivity index (χ0v) is 14.1. The molecule has 0 aliphatic carbocycles. The minimum absolute atomic E-state index is 0.385. The Kier molecular flexibility index (Phi) is 8.14. The number of aliphatic hydroxyl groups is 1. The van der Waals surface area contributed by atoms with E-state index in [0.29, 0.717) is 19.7 Å². The standard InChI is InChI=1S/C15H25BrN2O2/c1-4-18(5-2)10-12(19)9-17-15-8-6-7-14(16)13(15)11-20-3/h6-8,12,17,19H,4-5,9-11H2,1-3H3. The van der Waals surface area contributed by atoms with Crippen molar-refractivity contribution in [3.05, 3.63) is 28.2 Å². The van der Waals surface area contributed by atoms with Gasteiger partial charge in [-0.15, -0.1) is 0 Å². The van der Waals surface area contributed by atoms with Crippen LogP contribution < -0.4 is 5.32 Å². The van der Waals surface area contributed by atoms with Crippen molar-refractivity contribution in [1.82, 2.24) is 4.90 Å².